The lowest BCUT2D eigenvalue weighted by Crippen LogP contribution is -2.54. The maximum Gasteiger partial charge on any atom is 0.411 e. The summed E-state index contributed by atoms with van der Waals surface area (Å²) in [5, 5.41) is 0. The van der Waals surface area contributed by atoms with Gasteiger partial charge in [-0.1, -0.05) is 158 Å². The van der Waals surface area contributed by atoms with Crippen LogP contribution in [-0.2, 0) is 5.41 Å². The number of aromatic nitrogens is 6. The molecular weight excluding hydrogens is 1350 g/mol. The van der Waals surface area contributed by atoms with Gasteiger partial charge in [0, 0.05) is 107 Å². The first kappa shape index (κ1) is 67.7. The van der Waals surface area contributed by atoms with Gasteiger partial charge >= 0.3 is 12.4 Å². The first-order chi connectivity index (χ1) is 52.2. The number of benzene rings is 10. The predicted octanol–water partition coefficient (Wildman–Crippen LogP) is 25.1. The van der Waals surface area contributed by atoms with Crippen LogP contribution in [0.2, 0.25) is 0 Å². The van der Waals surface area contributed by atoms with Gasteiger partial charge < -0.3 is 9.47 Å². The summed E-state index contributed by atoms with van der Waals surface area (Å²) in [6.07, 6.45) is 5.89. The van der Waals surface area contributed by atoms with E-state index in [1.165, 1.54) is 0 Å². The second-order valence-electron chi connectivity index (χ2n) is 25.8. The standard InChI is InChI=1S/C93H60F6N6O2/c94-92(95,96)91(93(97,98)99,85-29-33-87(34-30-85)106-89-37-27-77(59-104-89)65-15-5-21-71(47-65)83-51-79(67-17-1-11-61(43-67)73-23-7-39-100-55-73)49-80(52-83)68-18-2-12-62(44-68)74-24-8-40-101-56-74)86-31-35-88(36-32-86)107-90-38-28-78(60-105-90)66-16-6-22-72(48-66)84-53-81(69-19-3-13-63(45-69)75-25-9-41-102-57-75)50-82(54-84)70-20-4-14-64(46-70)76-26-10-42-103-58-76/h1-60H. The van der Waals surface area contributed by atoms with Crippen molar-refractivity contribution in [2.24, 2.45) is 0 Å². The molecule has 0 radical (unpaired) electrons. The molecule has 0 amide bonds. The van der Waals surface area contributed by atoms with Crippen molar-refractivity contribution in [1.82, 2.24) is 29.9 Å². The zero-order valence-electron chi connectivity index (χ0n) is 56.9. The molecule has 10 aromatic carbocycles. The first-order valence-electron chi connectivity index (χ1n) is 34.4. The van der Waals surface area contributed by atoms with E-state index < -0.39 is 28.9 Å². The summed E-state index contributed by atoms with van der Waals surface area (Å²) < 4.78 is 105. The summed E-state index contributed by atoms with van der Waals surface area (Å²) in [6, 6.07) is 92.5. The van der Waals surface area contributed by atoms with Crippen LogP contribution >= 0.6 is 0 Å². The number of rotatable bonds is 18. The Bertz CT molecular complexity index is 5270. The highest BCUT2D eigenvalue weighted by Gasteiger charge is 2.72. The van der Waals surface area contributed by atoms with E-state index in [0.717, 1.165) is 182 Å². The molecular formula is C93H60F6N6O2. The third-order valence-electron chi connectivity index (χ3n) is 19.0. The molecule has 516 valence electrons. The van der Waals surface area contributed by atoms with Crippen molar-refractivity contribution in [2.45, 2.75) is 17.8 Å². The highest BCUT2D eigenvalue weighted by atomic mass is 19.4. The molecule has 0 aliphatic rings. The number of hydrogen-bond acceptors (Lipinski definition) is 8. The molecule has 6 heterocycles. The maximum atomic E-state index is 15.5. The van der Waals surface area contributed by atoms with Crippen LogP contribution in [0.3, 0.4) is 0 Å². The molecule has 107 heavy (non-hydrogen) atoms. The van der Waals surface area contributed by atoms with Gasteiger partial charge in [0.1, 0.15) is 11.5 Å². The number of halogens is 6. The van der Waals surface area contributed by atoms with Crippen LogP contribution < -0.4 is 9.47 Å². The Kier molecular flexibility index (Phi) is 18.5. The van der Waals surface area contributed by atoms with E-state index in [2.05, 4.69) is 151 Å². The Labute approximate surface area is 613 Å². The Morgan fingerprint density at radius 1 is 0.196 bits per heavy atom. The monoisotopic (exact) mass is 1410 g/mol. The molecule has 0 aliphatic carbocycles. The van der Waals surface area contributed by atoms with E-state index in [1.807, 2.05) is 134 Å². The molecule has 16 aromatic rings. The number of nitrogens with zero attached hydrogens (tertiary/aromatic N) is 6. The van der Waals surface area contributed by atoms with Gasteiger partial charge in [0.15, 0.2) is 0 Å². The van der Waals surface area contributed by atoms with E-state index in [1.54, 1.807) is 61.4 Å². The first-order valence-corrected chi connectivity index (χ1v) is 34.4. The molecule has 0 aliphatic heterocycles. The quantitative estimate of drug-likeness (QED) is 0.0784. The van der Waals surface area contributed by atoms with Gasteiger partial charge in [-0.25, -0.2) is 9.97 Å². The summed E-state index contributed by atoms with van der Waals surface area (Å²) in [5.41, 5.74) is 16.6. The van der Waals surface area contributed by atoms with Gasteiger partial charge in [0.25, 0.3) is 0 Å². The van der Waals surface area contributed by atoms with Crippen LogP contribution in [0.4, 0.5) is 26.3 Å². The minimum atomic E-state index is -5.85. The number of pyridine rings is 6. The highest BCUT2D eigenvalue weighted by Crippen LogP contribution is 2.57. The average molecular weight is 1410 g/mol. The fourth-order valence-corrected chi connectivity index (χ4v) is 13.7. The van der Waals surface area contributed by atoms with Crippen LogP contribution in [0.15, 0.2) is 365 Å². The van der Waals surface area contributed by atoms with Crippen LogP contribution in [-0.4, -0.2) is 42.3 Å². The summed E-state index contributed by atoms with van der Waals surface area (Å²) in [6.45, 7) is 0. The Hall–Kier alpha value is -13.7. The van der Waals surface area contributed by atoms with Crippen LogP contribution in [0, 0.1) is 0 Å². The van der Waals surface area contributed by atoms with Crippen molar-refractivity contribution in [3.63, 3.8) is 0 Å². The van der Waals surface area contributed by atoms with Gasteiger partial charge in [-0.05, 0) is 245 Å². The lowest BCUT2D eigenvalue weighted by molar-refractivity contribution is -0.288. The smallest absolute Gasteiger partial charge is 0.411 e. The fraction of sp³-hybridized carbons (Fsp3) is 0.0323. The van der Waals surface area contributed by atoms with Crippen LogP contribution in [0.25, 0.3) is 134 Å². The molecule has 0 N–H and O–H groups in total. The SMILES string of the molecule is FC(F)(F)C(c1ccc(Oc2ccc(-c3cccc(-c4cc(-c5cccc(-c6cccnc6)c5)cc(-c5cccc(-c6cccnc6)c5)c4)c3)cn2)cc1)(c1ccc(Oc2ccc(-c3cccc(-c4cc(-c5cccc(-c6cccnc6)c5)cc(-c5cccc(-c6cccnc6)c5)c4)c3)cn2)cc1)C(F)(F)F. The summed E-state index contributed by atoms with van der Waals surface area (Å²) in [4.78, 5) is 26.4. The van der Waals surface area contributed by atoms with Crippen LogP contribution in [0.1, 0.15) is 11.1 Å². The van der Waals surface area contributed by atoms with Crippen molar-refractivity contribution >= 4 is 0 Å². The van der Waals surface area contributed by atoms with Crippen molar-refractivity contribution in [3.8, 4) is 157 Å². The lowest BCUT2D eigenvalue weighted by atomic mass is 9.73. The zero-order valence-corrected chi connectivity index (χ0v) is 56.9. The normalized spacial score (nSPS) is 11.6. The Morgan fingerprint density at radius 2 is 0.402 bits per heavy atom. The van der Waals surface area contributed by atoms with Crippen molar-refractivity contribution in [1.29, 1.82) is 0 Å². The Morgan fingerprint density at radius 3 is 0.598 bits per heavy atom. The second kappa shape index (κ2) is 29.2. The molecule has 0 bridgehead atoms. The van der Waals surface area contributed by atoms with E-state index in [-0.39, 0.29) is 23.3 Å². The minimum Gasteiger partial charge on any atom is -0.439 e. The average Bonchev–Trinajstić information content (AvgIpc) is 0.715. The molecule has 0 saturated heterocycles. The molecule has 0 fully saturated rings. The van der Waals surface area contributed by atoms with Crippen molar-refractivity contribution in [2.75, 3.05) is 0 Å². The fourth-order valence-electron chi connectivity index (χ4n) is 13.7. The van der Waals surface area contributed by atoms with Crippen molar-refractivity contribution < 1.29 is 35.8 Å². The summed E-state index contributed by atoms with van der Waals surface area (Å²) in [7, 11) is 0. The molecule has 0 saturated carbocycles. The molecule has 16 rings (SSSR count). The van der Waals surface area contributed by atoms with E-state index >= 15 is 26.3 Å². The maximum absolute atomic E-state index is 15.5. The van der Waals surface area contributed by atoms with Gasteiger partial charge in [-0.15, -0.1) is 0 Å². The summed E-state index contributed by atoms with van der Waals surface area (Å²) >= 11 is 0. The topological polar surface area (TPSA) is 95.8 Å². The number of alkyl halides is 6. The zero-order chi connectivity index (χ0) is 72.9. The molecule has 8 nitrogen and oxygen atoms in total. The molecule has 6 aromatic heterocycles. The number of ether oxygens (including phenoxy) is 2. The molecule has 0 unspecified atom stereocenters. The minimum absolute atomic E-state index is 0.0318. The van der Waals surface area contributed by atoms with Gasteiger partial charge in [0.05, 0.1) is 0 Å². The largest absolute Gasteiger partial charge is 0.439 e. The van der Waals surface area contributed by atoms with Crippen molar-refractivity contribution in [3.05, 3.63) is 376 Å². The van der Waals surface area contributed by atoms with E-state index in [0.29, 0.717) is 0 Å². The predicted molar refractivity (Wildman–Crippen MR) is 411 cm³/mol. The van der Waals surface area contributed by atoms with Crippen LogP contribution in [0.5, 0.6) is 23.3 Å². The van der Waals surface area contributed by atoms with Gasteiger partial charge in [-0.3, -0.25) is 19.9 Å². The third-order valence-corrected chi connectivity index (χ3v) is 19.0. The van der Waals surface area contributed by atoms with E-state index in [4.69, 9.17) is 9.47 Å². The van der Waals surface area contributed by atoms with Gasteiger partial charge in [-0.2, -0.15) is 26.3 Å². The molecule has 0 spiro atoms. The summed E-state index contributed by atoms with van der Waals surface area (Å²) in [5.74, 6) is 0.0683. The third kappa shape index (κ3) is 14.4. The van der Waals surface area contributed by atoms with E-state index in [9.17, 15) is 0 Å². The molecule has 0 atom stereocenters. The molecule has 14 heteroatoms. The van der Waals surface area contributed by atoms with Gasteiger partial charge in [0.2, 0.25) is 17.2 Å². The second-order valence-corrected chi connectivity index (χ2v) is 25.8. The lowest BCUT2D eigenvalue weighted by Gasteiger charge is -2.38. The Balaban J connectivity index is 0.624. The highest BCUT2D eigenvalue weighted by molar-refractivity contribution is 5.88. The number of hydrogen-bond donors (Lipinski definition) is 0.